The average Bonchev–Trinajstić information content (AvgIpc) is 2.79. The number of nitrogen functional groups attached to an aromatic ring is 1. The van der Waals surface area contributed by atoms with Crippen LogP contribution in [0.25, 0.3) is 0 Å². The molecule has 2 rings (SSSR count). The Bertz CT molecular complexity index is 637. The summed E-state index contributed by atoms with van der Waals surface area (Å²) in [5.74, 6) is 1.47. The molecule has 1 aromatic heterocycles. The van der Waals surface area contributed by atoms with E-state index in [0.29, 0.717) is 17.9 Å². The number of aromatic nitrogens is 1. The van der Waals surface area contributed by atoms with Crippen LogP contribution in [0.5, 0.6) is 11.5 Å². The van der Waals surface area contributed by atoms with Gasteiger partial charge in [0, 0.05) is 6.42 Å². The van der Waals surface area contributed by atoms with Gasteiger partial charge in [0.1, 0.15) is 5.84 Å². The standard InChI is InChI=1S/C14H17N3O2S/c1-8-13(14(15)16)20-12(17-8)7-9-4-5-10(18-2)11(6-9)19-3/h4-6H,7H2,1-3H3,(H3,15,16). The molecule has 0 bridgehead atoms. The zero-order valence-corrected chi connectivity index (χ0v) is 12.5. The number of ether oxygens (including phenoxy) is 2. The first-order valence-electron chi connectivity index (χ1n) is 6.06. The predicted octanol–water partition coefficient (Wildman–Crippen LogP) is 2.34. The Morgan fingerprint density at radius 2 is 2.00 bits per heavy atom. The lowest BCUT2D eigenvalue weighted by Crippen LogP contribution is -2.10. The van der Waals surface area contributed by atoms with E-state index in [1.54, 1.807) is 14.2 Å². The summed E-state index contributed by atoms with van der Waals surface area (Å²) in [6.07, 6.45) is 0.680. The molecule has 5 nitrogen and oxygen atoms in total. The molecule has 0 aliphatic rings. The van der Waals surface area contributed by atoms with Crippen LogP contribution in [0.4, 0.5) is 0 Å². The van der Waals surface area contributed by atoms with Crippen LogP contribution in [0.15, 0.2) is 18.2 Å². The van der Waals surface area contributed by atoms with Crippen molar-refractivity contribution in [1.82, 2.24) is 4.98 Å². The highest BCUT2D eigenvalue weighted by Gasteiger charge is 2.11. The minimum Gasteiger partial charge on any atom is -0.493 e. The lowest BCUT2D eigenvalue weighted by Gasteiger charge is -2.08. The van der Waals surface area contributed by atoms with Gasteiger partial charge in [-0.3, -0.25) is 5.41 Å². The summed E-state index contributed by atoms with van der Waals surface area (Å²) >= 11 is 1.45. The van der Waals surface area contributed by atoms with Crippen LogP contribution < -0.4 is 15.2 Å². The van der Waals surface area contributed by atoms with Crippen LogP contribution in [0, 0.1) is 12.3 Å². The number of benzene rings is 1. The third-order valence-corrected chi connectivity index (χ3v) is 4.08. The van der Waals surface area contributed by atoms with E-state index in [1.807, 2.05) is 25.1 Å². The van der Waals surface area contributed by atoms with E-state index in [9.17, 15) is 0 Å². The Morgan fingerprint density at radius 3 is 2.55 bits per heavy atom. The molecule has 0 aliphatic carbocycles. The number of amidine groups is 1. The third-order valence-electron chi connectivity index (χ3n) is 2.89. The van der Waals surface area contributed by atoms with Crippen molar-refractivity contribution in [2.24, 2.45) is 5.73 Å². The zero-order valence-electron chi connectivity index (χ0n) is 11.7. The Morgan fingerprint density at radius 1 is 1.30 bits per heavy atom. The maximum absolute atomic E-state index is 7.50. The van der Waals surface area contributed by atoms with Gasteiger partial charge in [-0.05, 0) is 24.6 Å². The molecule has 0 unspecified atom stereocenters. The number of hydrogen-bond donors (Lipinski definition) is 2. The van der Waals surface area contributed by atoms with Gasteiger partial charge in [-0.25, -0.2) is 4.98 Å². The Labute approximate surface area is 121 Å². The molecule has 1 heterocycles. The summed E-state index contributed by atoms with van der Waals surface area (Å²) in [4.78, 5) is 5.19. The number of nitrogens with one attached hydrogen (secondary N) is 1. The molecule has 2 aromatic rings. The van der Waals surface area contributed by atoms with E-state index >= 15 is 0 Å². The van der Waals surface area contributed by atoms with Crippen molar-refractivity contribution < 1.29 is 9.47 Å². The van der Waals surface area contributed by atoms with Gasteiger partial charge in [-0.1, -0.05) is 6.07 Å². The number of methoxy groups -OCH3 is 2. The normalized spacial score (nSPS) is 10.3. The van der Waals surface area contributed by atoms with Gasteiger partial charge >= 0.3 is 0 Å². The molecule has 0 amide bonds. The fourth-order valence-corrected chi connectivity index (χ4v) is 2.90. The maximum Gasteiger partial charge on any atom is 0.160 e. The van der Waals surface area contributed by atoms with Crippen molar-refractivity contribution in [1.29, 1.82) is 5.41 Å². The molecular weight excluding hydrogens is 274 g/mol. The van der Waals surface area contributed by atoms with E-state index < -0.39 is 0 Å². The summed E-state index contributed by atoms with van der Waals surface area (Å²) in [7, 11) is 3.23. The number of thiazole rings is 1. The molecular formula is C14H17N3O2S. The van der Waals surface area contributed by atoms with Crippen molar-refractivity contribution in [3.05, 3.63) is 39.3 Å². The van der Waals surface area contributed by atoms with Gasteiger partial charge in [0.05, 0.1) is 29.8 Å². The first-order valence-corrected chi connectivity index (χ1v) is 6.88. The summed E-state index contributed by atoms with van der Waals surface area (Å²) in [6, 6.07) is 5.79. The lowest BCUT2D eigenvalue weighted by atomic mass is 10.1. The average molecular weight is 291 g/mol. The molecule has 20 heavy (non-hydrogen) atoms. The minimum absolute atomic E-state index is 0.0681. The van der Waals surface area contributed by atoms with Crippen molar-refractivity contribution in [2.45, 2.75) is 13.3 Å². The van der Waals surface area contributed by atoms with Gasteiger partial charge in [0.25, 0.3) is 0 Å². The number of nitrogens with two attached hydrogens (primary N) is 1. The molecule has 6 heteroatoms. The largest absolute Gasteiger partial charge is 0.493 e. The fourth-order valence-electron chi connectivity index (χ4n) is 1.94. The van der Waals surface area contributed by atoms with Crippen molar-refractivity contribution >= 4 is 17.2 Å². The Balaban J connectivity index is 2.26. The van der Waals surface area contributed by atoms with Gasteiger partial charge in [0.15, 0.2) is 11.5 Å². The van der Waals surface area contributed by atoms with Gasteiger partial charge in [-0.15, -0.1) is 11.3 Å². The van der Waals surface area contributed by atoms with E-state index in [1.165, 1.54) is 11.3 Å². The molecule has 0 spiro atoms. The van der Waals surface area contributed by atoms with Crippen LogP contribution >= 0.6 is 11.3 Å². The highest BCUT2D eigenvalue weighted by Crippen LogP contribution is 2.29. The van der Waals surface area contributed by atoms with Crippen LogP contribution in [0.2, 0.25) is 0 Å². The van der Waals surface area contributed by atoms with Crippen LogP contribution in [-0.4, -0.2) is 25.0 Å². The van der Waals surface area contributed by atoms with Crippen molar-refractivity contribution in [2.75, 3.05) is 14.2 Å². The quantitative estimate of drug-likeness (QED) is 0.654. The van der Waals surface area contributed by atoms with Crippen LogP contribution in [0.1, 0.15) is 21.1 Å². The molecule has 106 valence electrons. The monoisotopic (exact) mass is 291 g/mol. The highest BCUT2D eigenvalue weighted by molar-refractivity contribution is 7.13. The molecule has 3 N–H and O–H groups in total. The molecule has 0 saturated heterocycles. The van der Waals surface area contributed by atoms with Crippen molar-refractivity contribution in [3.63, 3.8) is 0 Å². The second-order valence-electron chi connectivity index (χ2n) is 4.30. The molecule has 0 atom stereocenters. The number of rotatable bonds is 5. The summed E-state index contributed by atoms with van der Waals surface area (Å²) in [5, 5.41) is 8.43. The summed E-state index contributed by atoms with van der Waals surface area (Å²) in [5.41, 5.74) is 7.40. The van der Waals surface area contributed by atoms with Crippen molar-refractivity contribution in [3.8, 4) is 11.5 Å². The van der Waals surface area contributed by atoms with Gasteiger partial charge in [-0.2, -0.15) is 0 Å². The van der Waals surface area contributed by atoms with E-state index in [0.717, 1.165) is 21.1 Å². The predicted molar refractivity (Wildman–Crippen MR) is 80.2 cm³/mol. The number of hydrogen-bond acceptors (Lipinski definition) is 5. The minimum atomic E-state index is 0.0681. The molecule has 1 aromatic carbocycles. The third kappa shape index (κ3) is 2.91. The second-order valence-corrected chi connectivity index (χ2v) is 5.39. The highest BCUT2D eigenvalue weighted by atomic mass is 32.1. The van der Waals surface area contributed by atoms with Gasteiger partial charge < -0.3 is 15.2 Å². The maximum atomic E-state index is 7.50. The SMILES string of the molecule is COc1ccc(Cc2nc(C)c(C(=N)N)s2)cc1OC. The molecule has 0 fully saturated rings. The second kappa shape index (κ2) is 5.92. The number of nitrogens with zero attached hydrogens (tertiary/aromatic N) is 1. The Kier molecular flexibility index (Phi) is 4.24. The lowest BCUT2D eigenvalue weighted by molar-refractivity contribution is 0.354. The summed E-state index contributed by atoms with van der Waals surface area (Å²) in [6.45, 7) is 1.87. The van der Waals surface area contributed by atoms with E-state index in [-0.39, 0.29) is 5.84 Å². The smallest absolute Gasteiger partial charge is 0.160 e. The first kappa shape index (κ1) is 14.3. The topological polar surface area (TPSA) is 81.2 Å². The van der Waals surface area contributed by atoms with Crippen LogP contribution in [-0.2, 0) is 6.42 Å². The van der Waals surface area contributed by atoms with Gasteiger partial charge in [0.2, 0.25) is 0 Å². The summed E-state index contributed by atoms with van der Waals surface area (Å²) < 4.78 is 10.5. The fraction of sp³-hybridized carbons (Fsp3) is 0.286. The number of aryl methyl sites for hydroxylation is 1. The molecule has 0 radical (unpaired) electrons. The van der Waals surface area contributed by atoms with Crippen LogP contribution in [0.3, 0.4) is 0 Å². The van der Waals surface area contributed by atoms with E-state index in [2.05, 4.69) is 4.98 Å². The molecule has 0 saturated carbocycles. The Hall–Kier alpha value is -2.08. The van der Waals surface area contributed by atoms with E-state index in [4.69, 9.17) is 20.6 Å². The zero-order chi connectivity index (χ0) is 14.7. The molecule has 0 aliphatic heterocycles. The first-order chi connectivity index (χ1) is 9.55.